The topological polar surface area (TPSA) is 0 Å². The quantitative estimate of drug-likeness (QED) is 0.117. The van der Waals surface area contributed by atoms with Gasteiger partial charge in [0, 0.05) is 0 Å². The Morgan fingerprint density at radius 3 is 0.540 bits per heavy atom. The van der Waals surface area contributed by atoms with Gasteiger partial charge in [0.15, 0.2) is 0 Å². The smallest absolute Gasteiger partial charge is 0.149 e. The van der Waals surface area contributed by atoms with Crippen molar-refractivity contribution in [1.29, 1.82) is 0 Å². The largest absolute Gasteiger partial charge is 0.248 e. The van der Waals surface area contributed by atoms with Gasteiger partial charge in [0.25, 0.3) is 0 Å². The Labute approximate surface area is 322 Å². The minimum Gasteiger partial charge on any atom is -0.149 e. The Morgan fingerprint density at radius 2 is 0.400 bits per heavy atom. The highest BCUT2D eigenvalue weighted by atomic mass is 35.6. The highest BCUT2D eigenvalue weighted by Crippen LogP contribution is 2.25. The molecule has 0 bridgehead atoms. The lowest BCUT2D eigenvalue weighted by Gasteiger charge is -2.45. The molecule has 0 nitrogen and oxygen atoms in total. The number of benzene rings is 3. The van der Waals surface area contributed by atoms with Crippen molar-refractivity contribution >= 4 is 114 Å². The highest BCUT2D eigenvalue weighted by Gasteiger charge is 2.52. The predicted molar refractivity (Wildman–Crippen MR) is 256 cm³/mol. The molecule has 3 aromatic rings. The maximum Gasteiger partial charge on any atom is 0.248 e. The van der Waals surface area contributed by atoms with E-state index in [0.29, 0.717) is 0 Å². The molecule has 0 aliphatic carbocycles. The van der Waals surface area contributed by atoms with Crippen molar-refractivity contribution in [2.75, 3.05) is 0 Å². The van der Waals surface area contributed by atoms with Crippen LogP contribution < -0.4 is 46.7 Å². The SMILES string of the molecule is Cc1cc(C)c([Si](Cl)(c2c(C)cc(C)c([Si](C)(C)C)c2[Si](C)(C)C)c2c(C)cc(C)c([Si](C)(C)C)c2[Si](C)(C)C)c([Si](C)(C)C)c1[Si](C)(C)C. The third-order valence-electron chi connectivity index (χ3n) is 10.7. The maximum atomic E-state index is 9.44. The summed E-state index contributed by atoms with van der Waals surface area (Å²) >= 11 is 9.44. The van der Waals surface area contributed by atoms with Crippen molar-refractivity contribution in [3.8, 4) is 0 Å². The van der Waals surface area contributed by atoms with E-state index in [-0.39, 0.29) is 0 Å². The number of hydrogen-bond donors (Lipinski definition) is 0. The monoisotopic (exact) mass is 810 g/mol. The van der Waals surface area contributed by atoms with Gasteiger partial charge in [-0.3, -0.25) is 0 Å². The normalized spacial score (nSPS) is 14.1. The molecule has 0 amide bonds. The van der Waals surface area contributed by atoms with Crippen LogP contribution >= 0.6 is 11.1 Å². The molecule has 3 aromatic carbocycles. The summed E-state index contributed by atoms with van der Waals surface area (Å²) in [5.74, 6) is 0. The van der Waals surface area contributed by atoms with E-state index in [1.54, 1.807) is 46.7 Å². The summed E-state index contributed by atoms with van der Waals surface area (Å²) in [6.45, 7) is 61.3. The van der Waals surface area contributed by atoms with Crippen molar-refractivity contribution in [2.24, 2.45) is 0 Å². The fraction of sp³-hybridized carbons (Fsp3) is 0.571. The van der Waals surface area contributed by atoms with Crippen LogP contribution in [0.3, 0.4) is 0 Å². The molecule has 278 valence electrons. The number of rotatable bonds is 9. The minimum atomic E-state index is -3.23. The van der Waals surface area contributed by atoms with E-state index in [1.807, 2.05) is 0 Å². The molecule has 0 radical (unpaired) electrons. The van der Waals surface area contributed by atoms with E-state index < -0.39 is 55.8 Å². The molecule has 0 atom stereocenters. The third kappa shape index (κ3) is 7.96. The van der Waals surface area contributed by atoms with Crippen molar-refractivity contribution in [3.63, 3.8) is 0 Å². The maximum absolute atomic E-state index is 9.44. The lowest BCUT2D eigenvalue weighted by molar-refractivity contribution is 1.41. The molecule has 0 aliphatic rings. The van der Waals surface area contributed by atoms with Crippen molar-refractivity contribution in [2.45, 2.75) is 159 Å². The minimum absolute atomic E-state index is 1.44. The third-order valence-corrected chi connectivity index (χ3v) is 30.3. The fourth-order valence-electron chi connectivity index (χ4n) is 9.82. The van der Waals surface area contributed by atoms with Crippen LogP contribution in [0.4, 0.5) is 0 Å². The average molecular weight is 812 g/mol. The van der Waals surface area contributed by atoms with Crippen LogP contribution in [-0.4, -0.2) is 55.8 Å². The van der Waals surface area contributed by atoms with Gasteiger partial charge in [0.1, 0.15) is 0 Å². The second-order valence-electron chi connectivity index (χ2n) is 22.1. The Kier molecular flexibility index (Phi) is 12.0. The molecule has 0 saturated carbocycles. The molecule has 0 heterocycles. The first-order valence-corrected chi connectivity index (χ1v) is 43.2. The molecule has 0 saturated heterocycles. The predicted octanol–water partition coefficient (Wildman–Crippen LogP) is 8.01. The zero-order valence-corrected chi connectivity index (χ0v) is 44.9. The molecule has 8 heteroatoms. The van der Waals surface area contributed by atoms with E-state index in [2.05, 4.69) is 178 Å². The Morgan fingerprint density at radius 1 is 0.260 bits per heavy atom. The number of halogens is 1. The van der Waals surface area contributed by atoms with Crippen LogP contribution in [0.15, 0.2) is 18.2 Å². The van der Waals surface area contributed by atoms with Crippen molar-refractivity contribution in [1.82, 2.24) is 0 Å². The number of aryl methyl sites for hydroxylation is 6. The molecular formula is C42H75ClSi7. The van der Waals surface area contributed by atoms with Crippen LogP contribution in [0.25, 0.3) is 0 Å². The van der Waals surface area contributed by atoms with Crippen LogP contribution in [0.2, 0.25) is 118 Å². The lowest BCUT2D eigenvalue weighted by atomic mass is 10.1. The van der Waals surface area contributed by atoms with Crippen molar-refractivity contribution < 1.29 is 0 Å². The number of hydrogen-bond acceptors (Lipinski definition) is 0. The van der Waals surface area contributed by atoms with Gasteiger partial charge in [-0.2, -0.15) is 0 Å². The first-order valence-electron chi connectivity index (χ1n) is 19.2. The van der Waals surface area contributed by atoms with Crippen LogP contribution in [0.5, 0.6) is 0 Å². The van der Waals surface area contributed by atoms with Gasteiger partial charge in [-0.1, -0.05) is 184 Å². The summed E-state index contributed by atoms with van der Waals surface area (Å²) in [5, 5.41) is 15.0. The van der Waals surface area contributed by atoms with Crippen molar-refractivity contribution in [3.05, 3.63) is 51.6 Å². The molecule has 50 heavy (non-hydrogen) atoms. The van der Waals surface area contributed by atoms with Crippen LogP contribution in [-0.2, 0) is 0 Å². The van der Waals surface area contributed by atoms with Crippen LogP contribution in [0.1, 0.15) is 33.4 Å². The standard InChI is InChI=1S/C42H75ClSi7/c1-28-25-31(4)37(40(47(16,17)18)34(28)44(7,8)9)50(43,38-32(5)26-29(2)35(45(10,11)12)41(38)48(19,20)21)39-33(6)27-30(3)36(46(13,14)15)42(39)49(22,23)24/h25-27H,1-24H3. The van der Waals surface area contributed by atoms with Gasteiger partial charge in [-0.05, 0) is 73.8 Å². The Hall–Kier alpha value is -0.532. The molecule has 3 rings (SSSR count). The van der Waals surface area contributed by atoms with Gasteiger partial charge in [0.2, 0.25) is 7.38 Å². The first-order chi connectivity index (χ1) is 22.0. The summed E-state index contributed by atoms with van der Waals surface area (Å²) in [5.41, 5.74) is 8.82. The average Bonchev–Trinajstić information content (AvgIpc) is 2.82. The molecule has 0 fully saturated rings. The summed E-state index contributed by atoms with van der Waals surface area (Å²) in [4.78, 5) is 0. The molecule has 0 aromatic heterocycles. The van der Waals surface area contributed by atoms with Gasteiger partial charge < -0.3 is 0 Å². The molecule has 0 spiro atoms. The van der Waals surface area contributed by atoms with Crippen LogP contribution in [0, 0.1) is 41.5 Å². The second kappa shape index (κ2) is 13.6. The highest BCUT2D eigenvalue weighted by molar-refractivity contribution is 7.44. The van der Waals surface area contributed by atoms with Gasteiger partial charge in [-0.25, -0.2) is 0 Å². The van der Waals surface area contributed by atoms with E-state index in [1.165, 1.54) is 33.4 Å². The molecule has 0 unspecified atom stereocenters. The first kappa shape index (κ1) is 43.9. The molecular weight excluding hydrogens is 737 g/mol. The van der Waals surface area contributed by atoms with E-state index in [0.717, 1.165) is 0 Å². The fourth-order valence-corrected chi connectivity index (χ4v) is 41.0. The van der Waals surface area contributed by atoms with Gasteiger partial charge in [-0.15, -0.1) is 11.1 Å². The summed E-state index contributed by atoms with van der Waals surface area (Å²) in [6.07, 6.45) is 0. The van der Waals surface area contributed by atoms with E-state index >= 15 is 0 Å². The van der Waals surface area contributed by atoms with Gasteiger partial charge in [0.05, 0.1) is 48.4 Å². The summed E-state index contributed by atoms with van der Waals surface area (Å²) in [7, 11) is -14.3. The summed E-state index contributed by atoms with van der Waals surface area (Å²) in [6, 6.07) is 7.72. The van der Waals surface area contributed by atoms with E-state index in [4.69, 9.17) is 0 Å². The second-order valence-corrected chi connectivity index (χ2v) is 56.6. The molecule has 0 N–H and O–H groups in total. The summed E-state index contributed by atoms with van der Waals surface area (Å²) < 4.78 is 0. The van der Waals surface area contributed by atoms with E-state index in [9.17, 15) is 11.1 Å². The van der Waals surface area contributed by atoms with Gasteiger partial charge >= 0.3 is 0 Å². The zero-order chi connectivity index (χ0) is 39.3. The lowest BCUT2D eigenvalue weighted by Crippen LogP contribution is -2.83. The molecule has 0 aliphatic heterocycles. The Balaban J connectivity index is 3.13. The Bertz CT molecular complexity index is 1600. The zero-order valence-electron chi connectivity index (χ0n) is 37.1.